The van der Waals surface area contributed by atoms with Crippen molar-refractivity contribution in [3.63, 3.8) is 0 Å². The molecule has 0 heterocycles. The molecule has 0 bridgehead atoms. The number of nitrogens with one attached hydrogen (secondary N) is 2. The molecule has 0 fully saturated rings. The van der Waals surface area contributed by atoms with Crippen LogP contribution in [0.1, 0.15) is 17.5 Å². The normalized spacial score (nSPS) is 11.0. The highest BCUT2D eigenvalue weighted by Gasteiger charge is 2.14. The van der Waals surface area contributed by atoms with Crippen LogP contribution in [0.5, 0.6) is 0 Å². The van der Waals surface area contributed by atoms with Crippen LogP contribution in [0.25, 0.3) is 0 Å². The zero-order valence-electron chi connectivity index (χ0n) is 13.2. The molecule has 0 saturated heterocycles. The number of rotatable bonds is 6. The Kier molecular flexibility index (Phi) is 5.39. The number of anilines is 1. The monoisotopic (exact) mass is 332 g/mol. The zero-order chi connectivity index (χ0) is 16.9. The summed E-state index contributed by atoms with van der Waals surface area (Å²) < 4.78 is 27.2. The second-order valence-electron chi connectivity index (χ2n) is 5.29. The van der Waals surface area contributed by atoms with Crippen LogP contribution >= 0.6 is 0 Å². The first kappa shape index (κ1) is 17.0. The van der Waals surface area contributed by atoms with Gasteiger partial charge in [-0.25, -0.2) is 8.42 Å². The van der Waals surface area contributed by atoms with E-state index in [-0.39, 0.29) is 10.8 Å². The van der Waals surface area contributed by atoms with Crippen LogP contribution in [-0.4, -0.2) is 21.4 Å². The minimum absolute atomic E-state index is 0.0391. The summed E-state index contributed by atoms with van der Waals surface area (Å²) >= 11 is 0. The van der Waals surface area contributed by atoms with E-state index in [2.05, 4.69) is 10.0 Å². The van der Waals surface area contributed by atoms with Crippen LogP contribution in [0.4, 0.5) is 5.69 Å². The van der Waals surface area contributed by atoms with Gasteiger partial charge in [-0.15, -0.1) is 0 Å². The molecule has 2 aromatic rings. The fourth-order valence-corrected chi connectivity index (χ4v) is 3.11. The van der Waals surface area contributed by atoms with Crippen LogP contribution in [-0.2, 0) is 21.2 Å². The average Bonchev–Trinajstić information content (AvgIpc) is 2.55. The Morgan fingerprint density at radius 3 is 2.17 bits per heavy atom. The van der Waals surface area contributed by atoms with Crippen molar-refractivity contribution in [2.45, 2.75) is 24.7 Å². The molecular formula is C17H20N2O3S. The lowest BCUT2D eigenvalue weighted by Gasteiger charge is -2.09. The van der Waals surface area contributed by atoms with E-state index in [9.17, 15) is 13.2 Å². The molecule has 122 valence electrons. The van der Waals surface area contributed by atoms with Gasteiger partial charge in [-0.2, -0.15) is 0 Å². The summed E-state index contributed by atoms with van der Waals surface area (Å²) in [4.78, 5) is 11.4. The lowest BCUT2D eigenvalue weighted by Crippen LogP contribution is -2.18. The van der Waals surface area contributed by atoms with Gasteiger partial charge in [0, 0.05) is 19.2 Å². The fraction of sp³-hybridized carbons (Fsp3) is 0.235. The molecule has 0 atom stereocenters. The predicted octanol–water partition coefficient (Wildman–Crippen LogP) is 2.47. The molecule has 2 aromatic carbocycles. The number of amides is 1. The first-order valence-corrected chi connectivity index (χ1v) is 8.78. The smallest absolute Gasteiger partial charge is 0.261 e. The number of benzene rings is 2. The minimum Gasteiger partial charge on any atom is -0.359 e. The molecule has 0 aliphatic rings. The van der Waals surface area contributed by atoms with E-state index in [1.807, 2.05) is 19.1 Å². The maximum Gasteiger partial charge on any atom is 0.261 e. The highest BCUT2D eigenvalue weighted by atomic mass is 32.2. The Bertz CT molecular complexity index is 766. The topological polar surface area (TPSA) is 75.3 Å². The lowest BCUT2D eigenvalue weighted by molar-refractivity contribution is -0.120. The van der Waals surface area contributed by atoms with Gasteiger partial charge in [-0.1, -0.05) is 29.8 Å². The molecule has 2 N–H and O–H groups in total. The van der Waals surface area contributed by atoms with Crippen LogP contribution in [0.15, 0.2) is 53.4 Å². The second-order valence-corrected chi connectivity index (χ2v) is 6.97. The van der Waals surface area contributed by atoms with Crippen molar-refractivity contribution in [1.29, 1.82) is 0 Å². The number of carbonyl (C=O) groups excluding carboxylic acids is 1. The molecular weight excluding hydrogens is 312 g/mol. The summed E-state index contributed by atoms with van der Waals surface area (Å²) in [5.41, 5.74) is 2.51. The molecule has 23 heavy (non-hydrogen) atoms. The third-order valence-corrected chi connectivity index (χ3v) is 4.85. The quantitative estimate of drug-likeness (QED) is 0.853. The van der Waals surface area contributed by atoms with Gasteiger partial charge < -0.3 is 5.32 Å². The minimum atomic E-state index is -3.61. The maximum atomic E-state index is 12.3. The van der Waals surface area contributed by atoms with E-state index in [0.29, 0.717) is 18.5 Å². The van der Waals surface area contributed by atoms with Crippen molar-refractivity contribution >= 4 is 21.6 Å². The number of hydrogen-bond donors (Lipinski definition) is 2. The van der Waals surface area contributed by atoms with Crippen LogP contribution in [0.2, 0.25) is 0 Å². The van der Waals surface area contributed by atoms with E-state index in [1.54, 1.807) is 43.4 Å². The zero-order valence-corrected chi connectivity index (χ0v) is 14.0. The number of hydrogen-bond acceptors (Lipinski definition) is 3. The molecule has 0 spiro atoms. The molecule has 6 heteroatoms. The molecule has 1 amide bonds. The third kappa shape index (κ3) is 4.82. The first-order chi connectivity index (χ1) is 10.9. The van der Waals surface area contributed by atoms with Gasteiger partial charge in [-0.05, 0) is 43.2 Å². The molecule has 2 rings (SSSR count). The van der Waals surface area contributed by atoms with Gasteiger partial charge in [-0.3, -0.25) is 9.52 Å². The third-order valence-electron chi connectivity index (χ3n) is 3.46. The summed E-state index contributed by atoms with van der Waals surface area (Å²) in [6, 6.07) is 13.7. The summed E-state index contributed by atoms with van der Waals surface area (Å²) in [5, 5.41) is 2.56. The Morgan fingerprint density at radius 2 is 1.61 bits per heavy atom. The first-order valence-electron chi connectivity index (χ1n) is 7.30. The number of sulfonamides is 1. The molecule has 5 nitrogen and oxygen atoms in total. The van der Waals surface area contributed by atoms with Crippen LogP contribution < -0.4 is 10.0 Å². The summed E-state index contributed by atoms with van der Waals surface area (Å²) in [5.74, 6) is -0.0391. The van der Waals surface area contributed by atoms with Gasteiger partial charge in [0.05, 0.1) is 4.90 Å². The average molecular weight is 332 g/mol. The van der Waals surface area contributed by atoms with Gasteiger partial charge in [0.15, 0.2) is 0 Å². The molecule has 0 unspecified atom stereocenters. The lowest BCUT2D eigenvalue weighted by atomic mass is 10.1. The molecule has 0 radical (unpaired) electrons. The second kappa shape index (κ2) is 7.28. The highest BCUT2D eigenvalue weighted by Crippen LogP contribution is 2.17. The number of aryl methyl sites for hydroxylation is 2. The van der Waals surface area contributed by atoms with Gasteiger partial charge >= 0.3 is 0 Å². The standard InChI is InChI=1S/C17H20N2O3S/c1-13-3-8-15(9-4-13)19-23(21,22)16-10-5-14(6-11-16)7-12-17(20)18-2/h3-6,8-11,19H,7,12H2,1-2H3,(H,18,20). The summed E-state index contributed by atoms with van der Waals surface area (Å²) in [7, 11) is -2.02. The van der Waals surface area contributed by atoms with Crippen molar-refractivity contribution in [3.05, 3.63) is 59.7 Å². The SMILES string of the molecule is CNC(=O)CCc1ccc(S(=O)(=O)Nc2ccc(C)cc2)cc1. The summed E-state index contributed by atoms with van der Waals surface area (Å²) in [6.07, 6.45) is 0.954. The van der Waals surface area contributed by atoms with Gasteiger partial charge in [0.1, 0.15) is 0 Å². The van der Waals surface area contributed by atoms with E-state index in [4.69, 9.17) is 0 Å². The van der Waals surface area contributed by atoms with Crippen molar-refractivity contribution in [3.8, 4) is 0 Å². The molecule has 0 aliphatic heterocycles. The van der Waals surface area contributed by atoms with Crippen molar-refractivity contribution in [2.75, 3.05) is 11.8 Å². The summed E-state index contributed by atoms with van der Waals surface area (Å²) in [6.45, 7) is 1.94. The maximum absolute atomic E-state index is 12.3. The molecule has 0 aromatic heterocycles. The predicted molar refractivity (Wildman–Crippen MR) is 90.8 cm³/mol. The van der Waals surface area contributed by atoms with Crippen molar-refractivity contribution in [1.82, 2.24) is 5.32 Å². The van der Waals surface area contributed by atoms with Gasteiger partial charge in [0.25, 0.3) is 10.0 Å². The Labute approximate surface area is 136 Å². The molecule has 0 aliphatic carbocycles. The van der Waals surface area contributed by atoms with E-state index < -0.39 is 10.0 Å². The fourth-order valence-electron chi connectivity index (χ4n) is 2.05. The van der Waals surface area contributed by atoms with E-state index in [0.717, 1.165) is 11.1 Å². The van der Waals surface area contributed by atoms with Crippen molar-refractivity contribution in [2.24, 2.45) is 0 Å². The van der Waals surface area contributed by atoms with E-state index >= 15 is 0 Å². The van der Waals surface area contributed by atoms with Gasteiger partial charge in [0.2, 0.25) is 5.91 Å². The van der Waals surface area contributed by atoms with Crippen LogP contribution in [0, 0.1) is 6.92 Å². The molecule has 0 saturated carbocycles. The Hall–Kier alpha value is -2.34. The Balaban J connectivity index is 2.08. The largest absolute Gasteiger partial charge is 0.359 e. The highest BCUT2D eigenvalue weighted by molar-refractivity contribution is 7.92. The van der Waals surface area contributed by atoms with E-state index in [1.165, 1.54) is 0 Å². The van der Waals surface area contributed by atoms with Crippen LogP contribution in [0.3, 0.4) is 0 Å². The number of carbonyl (C=O) groups is 1. The Morgan fingerprint density at radius 1 is 1.00 bits per heavy atom. The van der Waals surface area contributed by atoms with Crippen molar-refractivity contribution < 1.29 is 13.2 Å².